The standard InChI is InChI=1S/C37H44GeNO/c1-22(2)17-24-11-14-27-29(18-24)23(3)33-35-34-28(15-16-39(35)10)30-20-26(38(7,8)9)13-12-25(30)19-32(34)40-36(33)31(27)21-37(4,5)6/h11-16,18-20,22H,17,21H2,1-10H3/q+1. The van der Waals surface area contributed by atoms with Crippen LogP contribution in [0.2, 0.25) is 17.3 Å². The van der Waals surface area contributed by atoms with Crippen LogP contribution in [-0.2, 0) is 19.9 Å². The Kier molecular flexibility index (Phi) is 6.38. The molecule has 40 heavy (non-hydrogen) atoms. The van der Waals surface area contributed by atoms with Crippen molar-refractivity contribution in [1.29, 1.82) is 0 Å². The van der Waals surface area contributed by atoms with Gasteiger partial charge in [0.25, 0.3) is 0 Å². The van der Waals surface area contributed by atoms with Gasteiger partial charge in [0.1, 0.15) is 0 Å². The minimum atomic E-state index is -1.99. The van der Waals surface area contributed by atoms with Crippen molar-refractivity contribution in [3.8, 4) is 22.8 Å². The van der Waals surface area contributed by atoms with Gasteiger partial charge in [-0.05, 0) is 5.92 Å². The van der Waals surface area contributed by atoms with Crippen LogP contribution in [0.1, 0.15) is 51.3 Å². The molecule has 0 saturated carbocycles. The topological polar surface area (TPSA) is 13.1 Å². The average molecular weight is 591 g/mol. The fraction of sp³-hybridized carbons (Fsp3) is 0.378. The Bertz CT molecular complexity index is 1830. The van der Waals surface area contributed by atoms with Crippen LogP contribution in [0.25, 0.3) is 43.6 Å². The van der Waals surface area contributed by atoms with Gasteiger partial charge in [-0.25, -0.2) is 0 Å². The fourth-order valence-corrected chi connectivity index (χ4v) is 9.09. The molecule has 2 heterocycles. The van der Waals surface area contributed by atoms with Crippen molar-refractivity contribution in [2.24, 2.45) is 18.4 Å². The van der Waals surface area contributed by atoms with Crippen molar-refractivity contribution in [2.75, 3.05) is 0 Å². The second kappa shape index (κ2) is 9.34. The summed E-state index contributed by atoms with van der Waals surface area (Å²) in [7, 11) is 2.20. The average Bonchev–Trinajstić information content (AvgIpc) is 2.85. The Labute approximate surface area is 242 Å². The zero-order valence-corrected chi connectivity index (χ0v) is 28.1. The molecule has 3 heteroatoms. The molecule has 4 aromatic carbocycles. The summed E-state index contributed by atoms with van der Waals surface area (Å²) >= 11 is -1.99. The number of rotatable bonds is 4. The number of aryl methyl sites for hydroxylation is 2. The summed E-state index contributed by atoms with van der Waals surface area (Å²) in [5.74, 6) is 10.1. The van der Waals surface area contributed by atoms with E-state index in [1.54, 1.807) is 4.40 Å². The molecule has 0 saturated heterocycles. The summed E-state index contributed by atoms with van der Waals surface area (Å²) in [4.78, 5) is 0. The summed E-state index contributed by atoms with van der Waals surface area (Å²) in [5.41, 5.74) is 6.74. The van der Waals surface area contributed by atoms with Gasteiger partial charge < -0.3 is 0 Å². The number of aromatic nitrogens is 1. The van der Waals surface area contributed by atoms with Gasteiger partial charge in [-0.2, -0.15) is 0 Å². The second-order valence-electron chi connectivity index (χ2n) is 14.7. The molecule has 6 rings (SSSR count). The van der Waals surface area contributed by atoms with Crippen LogP contribution >= 0.6 is 0 Å². The Morgan fingerprint density at radius 2 is 1.62 bits per heavy atom. The zero-order chi connectivity index (χ0) is 28.7. The van der Waals surface area contributed by atoms with E-state index in [1.165, 1.54) is 60.3 Å². The Hall–Kier alpha value is -2.85. The number of hydrogen-bond donors (Lipinski definition) is 0. The van der Waals surface area contributed by atoms with E-state index < -0.39 is 13.3 Å². The van der Waals surface area contributed by atoms with E-state index >= 15 is 0 Å². The van der Waals surface area contributed by atoms with E-state index in [0.717, 1.165) is 24.3 Å². The molecule has 5 aromatic rings. The zero-order valence-electron chi connectivity index (χ0n) is 26.0. The molecule has 0 N–H and O–H groups in total. The molecule has 2 nitrogen and oxygen atoms in total. The van der Waals surface area contributed by atoms with E-state index in [1.807, 2.05) is 0 Å². The van der Waals surface area contributed by atoms with Crippen LogP contribution in [-0.4, -0.2) is 13.3 Å². The number of fused-ring (bicyclic) bond motifs is 5. The maximum atomic E-state index is 7.07. The molecule has 1 aliphatic heterocycles. The first-order chi connectivity index (χ1) is 18.7. The first-order valence-corrected chi connectivity index (χ1v) is 22.2. The molecular weight excluding hydrogens is 547 g/mol. The van der Waals surface area contributed by atoms with Crippen LogP contribution in [0, 0.1) is 18.3 Å². The van der Waals surface area contributed by atoms with Gasteiger partial charge in [-0.3, -0.25) is 0 Å². The molecule has 1 aliphatic rings. The number of ether oxygens (including phenoxy) is 1. The summed E-state index contributed by atoms with van der Waals surface area (Å²) in [6.07, 6.45) is 4.30. The van der Waals surface area contributed by atoms with E-state index in [0.29, 0.717) is 5.92 Å². The van der Waals surface area contributed by atoms with Crippen LogP contribution < -0.4 is 13.7 Å². The fourth-order valence-electron chi connectivity index (χ4n) is 6.65. The van der Waals surface area contributed by atoms with Gasteiger partial charge >= 0.3 is 224 Å². The van der Waals surface area contributed by atoms with Crippen molar-refractivity contribution in [2.45, 2.75) is 71.7 Å². The molecular formula is C37H44GeNO+. The first-order valence-electron chi connectivity index (χ1n) is 14.9. The molecule has 1 aromatic heterocycles. The SMILES string of the molecule is Cc1c2c(c(CC(C)(C)C)c3ccc(CC(C)C)cc13)Oc1cc3cc[c]([Ge]([CH3])([CH3])[CH3])cc3c3cc[n+](C)c-2c13. The van der Waals surface area contributed by atoms with Crippen LogP contribution in [0.4, 0.5) is 0 Å². The second-order valence-corrected chi connectivity index (χ2v) is 25.4. The molecule has 0 radical (unpaired) electrons. The number of nitrogens with zero attached hydrogens (tertiary/aromatic N) is 1. The minimum absolute atomic E-state index is 0.127. The third kappa shape index (κ3) is 4.53. The first kappa shape index (κ1) is 27.3. The van der Waals surface area contributed by atoms with E-state index in [4.69, 9.17) is 4.74 Å². The molecule has 0 atom stereocenters. The molecule has 0 spiro atoms. The van der Waals surface area contributed by atoms with Crippen molar-refractivity contribution in [3.05, 3.63) is 71.4 Å². The summed E-state index contributed by atoms with van der Waals surface area (Å²) in [6.45, 7) is 13.9. The van der Waals surface area contributed by atoms with Gasteiger partial charge in [-0.15, -0.1) is 0 Å². The molecule has 0 bridgehead atoms. The number of benzene rings is 4. The third-order valence-corrected chi connectivity index (χ3v) is 12.8. The van der Waals surface area contributed by atoms with Gasteiger partial charge in [-0.1, -0.05) is 13.8 Å². The van der Waals surface area contributed by atoms with Gasteiger partial charge in [0.05, 0.1) is 0 Å². The van der Waals surface area contributed by atoms with E-state index in [9.17, 15) is 0 Å². The van der Waals surface area contributed by atoms with Gasteiger partial charge in [0, 0.05) is 0 Å². The summed E-state index contributed by atoms with van der Waals surface area (Å²) in [5, 5.41) is 7.84. The van der Waals surface area contributed by atoms with Crippen LogP contribution in [0.15, 0.2) is 54.7 Å². The molecule has 0 amide bonds. The predicted octanol–water partition coefficient (Wildman–Crippen LogP) is 9.38. The van der Waals surface area contributed by atoms with Gasteiger partial charge in [0.2, 0.25) is 0 Å². The summed E-state index contributed by atoms with van der Waals surface area (Å²) in [6, 6.07) is 18.9. The molecule has 206 valence electrons. The Balaban J connectivity index is 1.74. The Morgan fingerprint density at radius 1 is 0.875 bits per heavy atom. The van der Waals surface area contributed by atoms with E-state index in [2.05, 4.69) is 125 Å². The molecule has 0 aliphatic carbocycles. The third-order valence-electron chi connectivity index (χ3n) is 8.56. The molecule has 0 fully saturated rings. The van der Waals surface area contributed by atoms with Gasteiger partial charge in [0.15, 0.2) is 0 Å². The van der Waals surface area contributed by atoms with Crippen molar-refractivity contribution >= 4 is 50.0 Å². The molecule has 0 unspecified atom stereocenters. The van der Waals surface area contributed by atoms with Crippen LogP contribution in [0.5, 0.6) is 11.5 Å². The maximum absolute atomic E-state index is 7.07. The monoisotopic (exact) mass is 592 g/mol. The Morgan fingerprint density at radius 3 is 2.30 bits per heavy atom. The summed E-state index contributed by atoms with van der Waals surface area (Å²) < 4.78 is 10.9. The quantitative estimate of drug-likeness (QED) is 0.113. The van der Waals surface area contributed by atoms with Crippen molar-refractivity contribution in [1.82, 2.24) is 0 Å². The number of pyridine rings is 1. The predicted molar refractivity (Wildman–Crippen MR) is 175 cm³/mol. The van der Waals surface area contributed by atoms with Crippen molar-refractivity contribution in [3.63, 3.8) is 0 Å². The van der Waals surface area contributed by atoms with Crippen LogP contribution in [0.3, 0.4) is 0 Å². The van der Waals surface area contributed by atoms with Crippen molar-refractivity contribution < 1.29 is 9.30 Å². The van der Waals surface area contributed by atoms with E-state index in [-0.39, 0.29) is 5.41 Å². The normalized spacial score (nSPS) is 13.4. The number of hydrogen-bond acceptors (Lipinski definition) is 1.